The van der Waals surface area contributed by atoms with E-state index in [-0.39, 0.29) is 11.3 Å². The van der Waals surface area contributed by atoms with Gasteiger partial charge in [-0.05, 0) is 31.8 Å². The average Bonchev–Trinajstić information content (AvgIpc) is 2.84. The Morgan fingerprint density at radius 2 is 2.00 bits per heavy atom. The Kier molecular flexibility index (Phi) is 5.21. The van der Waals surface area contributed by atoms with Gasteiger partial charge in [0.25, 0.3) is 0 Å². The lowest BCUT2D eigenvalue weighted by molar-refractivity contribution is -0.138. The van der Waals surface area contributed by atoms with Crippen molar-refractivity contribution in [1.82, 2.24) is 24.6 Å². The van der Waals surface area contributed by atoms with Crippen molar-refractivity contribution in [2.24, 2.45) is 18.4 Å². The highest BCUT2D eigenvalue weighted by atomic mass is 16.2. The van der Waals surface area contributed by atoms with Crippen molar-refractivity contribution in [3.05, 3.63) is 12.2 Å². The topological polar surface area (TPSA) is 54.3 Å². The van der Waals surface area contributed by atoms with E-state index in [4.69, 9.17) is 0 Å². The van der Waals surface area contributed by atoms with Crippen LogP contribution in [0.2, 0.25) is 0 Å². The van der Waals surface area contributed by atoms with E-state index >= 15 is 0 Å². The highest BCUT2D eigenvalue weighted by molar-refractivity contribution is 5.81. The molecule has 2 heterocycles. The first-order valence-corrected chi connectivity index (χ1v) is 8.08. The Balaban J connectivity index is 1.78. The SMILES string of the molecule is CN(CC1CCN(Cc2nncn2C)CC1)C(=O)C(C)(C)C. The first-order chi connectivity index (χ1) is 10.3. The molecule has 124 valence electrons. The van der Waals surface area contributed by atoms with E-state index in [1.54, 1.807) is 6.33 Å². The fourth-order valence-corrected chi connectivity index (χ4v) is 3.02. The van der Waals surface area contributed by atoms with E-state index in [0.717, 1.165) is 44.8 Å². The second-order valence-electron chi connectivity index (χ2n) is 7.51. The second kappa shape index (κ2) is 6.77. The van der Waals surface area contributed by atoms with Crippen molar-refractivity contribution in [1.29, 1.82) is 0 Å². The molecular weight excluding hydrogens is 278 g/mol. The van der Waals surface area contributed by atoms with Gasteiger partial charge in [-0.1, -0.05) is 20.8 Å². The van der Waals surface area contributed by atoms with E-state index in [0.29, 0.717) is 5.92 Å². The molecule has 0 radical (unpaired) electrons. The number of hydrogen-bond acceptors (Lipinski definition) is 4. The number of amides is 1. The molecule has 1 aromatic rings. The van der Waals surface area contributed by atoms with Crippen LogP contribution in [0.25, 0.3) is 0 Å². The second-order valence-corrected chi connectivity index (χ2v) is 7.51. The van der Waals surface area contributed by atoms with E-state index in [1.165, 1.54) is 0 Å². The predicted octanol–water partition coefficient (Wildman–Crippen LogP) is 1.53. The molecule has 1 fully saturated rings. The Hall–Kier alpha value is -1.43. The van der Waals surface area contributed by atoms with Crippen LogP contribution in [0.4, 0.5) is 0 Å². The van der Waals surface area contributed by atoms with Gasteiger partial charge in [-0.25, -0.2) is 0 Å². The average molecular weight is 307 g/mol. The van der Waals surface area contributed by atoms with E-state index in [2.05, 4.69) is 15.1 Å². The molecular formula is C16H29N5O. The highest BCUT2D eigenvalue weighted by Gasteiger charge is 2.28. The molecule has 1 amide bonds. The third kappa shape index (κ3) is 4.29. The Morgan fingerprint density at radius 3 is 2.50 bits per heavy atom. The summed E-state index contributed by atoms with van der Waals surface area (Å²) in [6.07, 6.45) is 4.02. The van der Waals surface area contributed by atoms with Crippen LogP contribution in [0.1, 0.15) is 39.4 Å². The molecule has 6 heteroatoms. The molecule has 0 aliphatic carbocycles. The van der Waals surface area contributed by atoms with Gasteiger partial charge in [0, 0.05) is 26.1 Å². The Bertz CT molecular complexity index is 497. The molecule has 1 aliphatic rings. The number of carbonyl (C=O) groups is 1. The summed E-state index contributed by atoms with van der Waals surface area (Å²) in [5, 5.41) is 8.07. The van der Waals surface area contributed by atoms with Crippen LogP contribution < -0.4 is 0 Å². The summed E-state index contributed by atoms with van der Waals surface area (Å²) in [6.45, 7) is 9.80. The Morgan fingerprint density at radius 1 is 1.36 bits per heavy atom. The number of aromatic nitrogens is 3. The lowest BCUT2D eigenvalue weighted by Gasteiger charge is -2.35. The van der Waals surface area contributed by atoms with Crippen LogP contribution in [0.15, 0.2) is 6.33 Å². The van der Waals surface area contributed by atoms with Gasteiger partial charge in [0.15, 0.2) is 0 Å². The number of aryl methyl sites for hydroxylation is 1. The molecule has 2 rings (SSSR count). The molecule has 0 N–H and O–H groups in total. The van der Waals surface area contributed by atoms with Gasteiger partial charge in [0.2, 0.25) is 5.91 Å². The number of likely N-dealkylation sites (tertiary alicyclic amines) is 1. The van der Waals surface area contributed by atoms with Crippen molar-refractivity contribution < 1.29 is 4.79 Å². The van der Waals surface area contributed by atoms with Gasteiger partial charge >= 0.3 is 0 Å². The van der Waals surface area contributed by atoms with Gasteiger partial charge in [-0.3, -0.25) is 9.69 Å². The summed E-state index contributed by atoms with van der Waals surface area (Å²) in [5.74, 6) is 1.85. The standard InChI is InChI=1S/C16H29N5O/c1-16(2,3)15(22)19(4)10-13-6-8-21(9-7-13)11-14-18-17-12-20(14)5/h12-13H,6-11H2,1-5H3. The van der Waals surface area contributed by atoms with Gasteiger partial charge in [0.05, 0.1) is 6.54 Å². The number of hydrogen-bond donors (Lipinski definition) is 0. The first kappa shape index (κ1) is 16.9. The number of carbonyl (C=O) groups excluding carboxylic acids is 1. The zero-order valence-electron chi connectivity index (χ0n) is 14.5. The quantitative estimate of drug-likeness (QED) is 0.846. The number of rotatable bonds is 4. The summed E-state index contributed by atoms with van der Waals surface area (Å²) >= 11 is 0. The summed E-state index contributed by atoms with van der Waals surface area (Å²) < 4.78 is 1.97. The maximum atomic E-state index is 12.2. The minimum atomic E-state index is -0.291. The molecule has 1 aromatic heterocycles. The zero-order chi connectivity index (χ0) is 16.3. The highest BCUT2D eigenvalue weighted by Crippen LogP contribution is 2.22. The molecule has 1 saturated heterocycles. The summed E-state index contributed by atoms with van der Waals surface area (Å²) in [6, 6.07) is 0. The van der Waals surface area contributed by atoms with Crippen molar-refractivity contribution in [3.8, 4) is 0 Å². The molecule has 0 bridgehead atoms. The normalized spacial score (nSPS) is 17.7. The van der Waals surface area contributed by atoms with Crippen LogP contribution in [0.5, 0.6) is 0 Å². The van der Waals surface area contributed by atoms with Gasteiger partial charge in [-0.15, -0.1) is 10.2 Å². The smallest absolute Gasteiger partial charge is 0.227 e. The minimum Gasteiger partial charge on any atom is -0.345 e. The van der Waals surface area contributed by atoms with Crippen molar-refractivity contribution in [3.63, 3.8) is 0 Å². The molecule has 22 heavy (non-hydrogen) atoms. The molecule has 0 atom stereocenters. The van der Waals surface area contributed by atoms with Crippen LogP contribution in [0, 0.1) is 11.3 Å². The molecule has 0 saturated carbocycles. The Labute approximate surface area is 133 Å². The fraction of sp³-hybridized carbons (Fsp3) is 0.812. The van der Waals surface area contributed by atoms with Gasteiger partial charge < -0.3 is 9.47 Å². The minimum absolute atomic E-state index is 0.231. The summed E-state index contributed by atoms with van der Waals surface area (Å²) in [7, 11) is 3.91. The lowest BCUT2D eigenvalue weighted by atomic mass is 9.92. The maximum Gasteiger partial charge on any atom is 0.227 e. The van der Waals surface area contributed by atoms with Crippen LogP contribution in [-0.2, 0) is 18.4 Å². The van der Waals surface area contributed by atoms with Crippen LogP contribution in [0.3, 0.4) is 0 Å². The largest absolute Gasteiger partial charge is 0.345 e. The third-order valence-electron chi connectivity index (χ3n) is 4.40. The molecule has 0 unspecified atom stereocenters. The lowest BCUT2D eigenvalue weighted by Crippen LogP contribution is -2.42. The fourth-order valence-electron chi connectivity index (χ4n) is 3.02. The third-order valence-corrected chi connectivity index (χ3v) is 4.40. The summed E-state index contributed by atoms with van der Waals surface area (Å²) in [5.41, 5.74) is -0.291. The van der Waals surface area contributed by atoms with Gasteiger partial charge in [-0.2, -0.15) is 0 Å². The maximum absolute atomic E-state index is 12.2. The number of piperidine rings is 1. The summed E-state index contributed by atoms with van der Waals surface area (Å²) in [4.78, 5) is 16.6. The van der Waals surface area contributed by atoms with Crippen LogP contribution in [-0.4, -0.2) is 57.2 Å². The monoisotopic (exact) mass is 307 g/mol. The van der Waals surface area contributed by atoms with E-state index in [1.807, 2.05) is 44.3 Å². The number of nitrogens with zero attached hydrogens (tertiary/aromatic N) is 5. The van der Waals surface area contributed by atoms with Gasteiger partial charge in [0.1, 0.15) is 12.2 Å². The van der Waals surface area contributed by atoms with E-state index < -0.39 is 0 Å². The van der Waals surface area contributed by atoms with Crippen molar-refractivity contribution >= 4 is 5.91 Å². The van der Waals surface area contributed by atoms with Crippen molar-refractivity contribution in [2.75, 3.05) is 26.7 Å². The molecule has 0 aromatic carbocycles. The molecule has 1 aliphatic heterocycles. The van der Waals surface area contributed by atoms with Crippen molar-refractivity contribution in [2.45, 2.75) is 40.2 Å². The molecule has 6 nitrogen and oxygen atoms in total. The first-order valence-electron chi connectivity index (χ1n) is 8.08. The molecule has 0 spiro atoms. The van der Waals surface area contributed by atoms with E-state index in [9.17, 15) is 4.79 Å². The van der Waals surface area contributed by atoms with Crippen LogP contribution >= 0.6 is 0 Å². The zero-order valence-corrected chi connectivity index (χ0v) is 14.5. The predicted molar refractivity (Wildman–Crippen MR) is 86.1 cm³/mol.